The van der Waals surface area contributed by atoms with E-state index in [1.807, 2.05) is 30.3 Å². The van der Waals surface area contributed by atoms with E-state index in [1.165, 1.54) is 0 Å². The second-order valence-corrected chi connectivity index (χ2v) is 6.26. The molecule has 1 aromatic heterocycles. The molecule has 1 saturated heterocycles. The highest BCUT2D eigenvalue weighted by atomic mass is 16.6. The summed E-state index contributed by atoms with van der Waals surface area (Å²) in [7, 11) is 0. The number of para-hydroxylation sites is 1. The first-order valence-corrected chi connectivity index (χ1v) is 8.83. The highest BCUT2D eigenvalue weighted by Crippen LogP contribution is 2.30. The number of hydrogen-bond acceptors (Lipinski definition) is 7. The maximum atomic E-state index is 12.5. The van der Waals surface area contributed by atoms with Gasteiger partial charge in [-0.25, -0.2) is 4.63 Å². The number of rotatable bonds is 5. The molecule has 2 heterocycles. The highest BCUT2D eigenvalue weighted by molar-refractivity contribution is 6.04. The Morgan fingerprint density at radius 3 is 2.63 bits per heavy atom. The zero-order valence-electron chi connectivity index (χ0n) is 14.9. The van der Waals surface area contributed by atoms with E-state index in [2.05, 4.69) is 20.5 Å². The van der Waals surface area contributed by atoms with E-state index >= 15 is 0 Å². The monoisotopic (exact) mass is 368 g/mol. The molecule has 8 heteroatoms. The lowest BCUT2D eigenvalue weighted by atomic mass is 10.2. The molecule has 4 rings (SSSR count). The minimum absolute atomic E-state index is 0.276. The molecule has 1 N–H and O–H groups in total. The first-order chi connectivity index (χ1) is 13.2. The number of anilines is 2. The minimum atomic E-state index is -0.666. The third-order valence-electron chi connectivity index (χ3n) is 4.43. The van der Waals surface area contributed by atoms with Crippen molar-refractivity contribution in [2.75, 3.05) is 36.5 Å². The van der Waals surface area contributed by atoms with Crippen LogP contribution in [0.1, 0.15) is 6.92 Å². The van der Waals surface area contributed by atoms with Gasteiger partial charge in [0.2, 0.25) is 0 Å². The standard InChI is InChI=1S/C19H20N4O4/c1-13(26-14-5-3-2-4-6-14)19(24)20-15-7-8-16(18-17(15)21-27-22-18)23-9-11-25-12-10-23/h2-8,13H,9-12H2,1H3,(H,20,24)/t13-/m1/s1. The van der Waals surface area contributed by atoms with Crippen LogP contribution >= 0.6 is 0 Å². The summed E-state index contributed by atoms with van der Waals surface area (Å²) >= 11 is 0. The summed E-state index contributed by atoms with van der Waals surface area (Å²) in [5.74, 6) is 0.360. The molecule has 0 unspecified atom stereocenters. The van der Waals surface area contributed by atoms with Crippen molar-refractivity contribution < 1.29 is 18.9 Å². The van der Waals surface area contributed by atoms with Crippen LogP contribution < -0.4 is 15.0 Å². The minimum Gasteiger partial charge on any atom is -0.481 e. The lowest BCUT2D eigenvalue weighted by Gasteiger charge is -2.28. The molecule has 0 spiro atoms. The molecule has 2 aromatic carbocycles. The number of carbonyl (C=O) groups excluding carboxylic acids is 1. The number of fused-ring (bicyclic) bond motifs is 1. The van der Waals surface area contributed by atoms with Crippen LogP contribution in [0.15, 0.2) is 47.1 Å². The van der Waals surface area contributed by atoms with Crippen LogP contribution in [0.2, 0.25) is 0 Å². The molecule has 8 nitrogen and oxygen atoms in total. The van der Waals surface area contributed by atoms with Crippen LogP contribution in [0.5, 0.6) is 5.75 Å². The van der Waals surface area contributed by atoms with Crippen molar-refractivity contribution in [3.8, 4) is 5.75 Å². The summed E-state index contributed by atoms with van der Waals surface area (Å²) < 4.78 is 16.0. The van der Waals surface area contributed by atoms with Gasteiger partial charge in [0.05, 0.1) is 24.6 Å². The quantitative estimate of drug-likeness (QED) is 0.740. The molecule has 0 saturated carbocycles. The zero-order chi connectivity index (χ0) is 18.6. The maximum Gasteiger partial charge on any atom is 0.265 e. The fourth-order valence-electron chi connectivity index (χ4n) is 3.00. The van der Waals surface area contributed by atoms with Gasteiger partial charge in [0, 0.05) is 13.1 Å². The Hall–Kier alpha value is -3.13. The summed E-state index contributed by atoms with van der Waals surface area (Å²) in [6, 6.07) is 12.9. The SMILES string of the molecule is C[C@@H](Oc1ccccc1)C(=O)Nc1ccc(N2CCOCC2)c2nonc12. The fourth-order valence-corrected chi connectivity index (χ4v) is 3.00. The summed E-state index contributed by atoms with van der Waals surface area (Å²) in [6.45, 7) is 4.58. The van der Waals surface area contributed by atoms with Gasteiger partial charge in [0.15, 0.2) is 17.1 Å². The van der Waals surface area contributed by atoms with Crippen LogP contribution in [0.3, 0.4) is 0 Å². The van der Waals surface area contributed by atoms with Crippen molar-refractivity contribution in [2.45, 2.75) is 13.0 Å². The molecule has 0 bridgehead atoms. The van der Waals surface area contributed by atoms with E-state index in [0.717, 1.165) is 18.8 Å². The Morgan fingerprint density at radius 2 is 1.85 bits per heavy atom. The van der Waals surface area contributed by atoms with Gasteiger partial charge in [0.25, 0.3) is 5.91 Å². The molecule has 1 aliphatic rings. The van der Waals surface area contributed by atoms with E-state index in [9.17, 15) is 4.79 Å². The molecule has 1 atom stereocenters. The molecule has 3 aromatic rings. The highest BCUT2D eigenvalue weighted by Gasteiger charge is 2.21. The predicted octanol–water partition coefficient (Wildman–Crippen LogP) is 2.47. The third kappa shape index (κ3) is 3.70. The van der Waals surface area contributed by atoms with Gasteiger partial charge in [-0.05, 0) is 41.5 Å². The Morgan fingerprint density at radius 1 is 1.11 bits per heavy atom. The fraction of sp³-hybridized carbons (Fsp3) is 0.316. The first-order valence-electron chi connectivity index (χ1n) is 8.83. The van der Waals surface area contributed by atoms with Crippen LogP contribution in [0, 0.1) is 0 Å². The van der Waals surface area contributed by atoms with Crippen LogP contribution in [-0.2, 0) is 9.53 Å². The number of aromatic nitrogens is 2. The molecular weight excluding hydrogens is 348 g/mol. The van der Waals surface area contributed by atoms with E-state index in [4.69, 9.17) is 14.1 Å². The predicted molar refractivity (Wildman–Crippen MR) is 100.0 cm³/mol. The molecule has 0 aliphatic carbocycles. The number of ether oxygens (including phenoxy) is 2. The Balaban J connectivity index is 1.52. The van der Waals surface area contributed by atoms with Gasteiger partial charge in [-0.3, -0.25) is 4.79 Å². The van der Waals surface area contributed by atoms with Gasteiger partial charge in [-0.15, -0.1) is 0 Å². The molecule has 140 valence electrons. The Bertz CT molecular complexity index is 922. The normalized spacial score (nSPS) is 15.5. The lowest BCUT2D eigenvalue weighted by molar-refractivity contribution is -0.122. The van der Waals surface area contributed by atoms with E-state index in [1.54, 1.807) is 19.1 Å². The second-order valence-electron chi connectivity index (χ2n) is 6.26. The van der Waals surface area contributed by atoms with E-state index in [-0.39, 0.29) is 5.91 Å². The number of carbonyl (C=O) groups is 1. The van der Waals surface area contributed by atoms with Gasteiger partial charge < -0.3 is 19.7 Å². The number of hydrogen-bond donors (Lipinski definition) is 1. The summed E-state index contributed by atoms with van der Waals surface area (Å²) in [5.41, 5.74) is 2.59. The third-order valence-corrected chi connectivity index (χ3v) is 4.43. The smallest absolute Gasteiger partial charge is 0.265 e. The topological polar surface area (TPSA) is 89.7 Å². The molecule has 27 heavy (non-hydrogen) atoms. The summed E-state index contributed by atoms with van der Waals surface area (Å²) in [4.78, 5) is 14.7. The van der Waals surface area contributed by atoms with Gasteiger partial charge in [-0.2, -0.15) is 0 Å². The summed E-state index contributed by atoms with van der Waals surface area (Å²) in [6.07, 6.45) is -0.666. The van der Waals surface area contributed by atoms with Crippen molar-refractivity contribution >= 4 is 28.3 Å². The van der Waals surface area contributed by atoms with Crippen LogP contribution in [0.4, 0.5) is 11.4 Å². The number of amides is 1. The van der Waals surface area contributed by atoms with Crippen molar-refractivity contribution in [3.63, 3.8) is 0 Å². The number of nitrogens with zero attached hydrogens (tertiary/aromatic N) is 3. The first kappa shape index (κ1) is 17.3. The lowest BCUT2D eigenvalue weighted by Crippen LogP contribution is -2.36. The van der Waals surface area contributed by atoms with E-state index < -0.39 is 6.10 Å². The maximum absolute atomic E-state index is 12.5. The molecule has 0 radical (unpaired) electrons. The van der Waals surface area contributed by atoms with Crippen molar-refractivity contribution in [1.82, 2.24) is 10.3 Å². The van der Waals surface area contributed by atoms with Crippen LogP contribution in [0.25, 0.3) is 11.0 Å². The van der Waals surface area contributed by atoms with Crippen LogP contribution in [-0.4, -0.2) is 48.6 Å². The zero-order valence-corrected chi connectivity index (χ0v) is 14.9. The Kier molecular flexibility index (Phi) is 4.88. The van der Waals surface area contributed by atoms with Gasteiger partial charge in [0.1, 0.15) is 5.75 Å². The largest absolute Gasteiger partial charge is 0.481 e. The van der Waals surface area contributed by atoms with E-state index in [0.29, 0.717) is 35.7 Å². The van der Waals surface area contributed by atoms with Crippen molar-refractivity contribution in [2.24, 2.45) is 0 Å². The molecular formula is C19H20N4O4. The second kappa shape index (κ2) is 7.63. The molecule has 1 fully saturated rings. The average Bonchev–Trinajstić information content (AvgIpc) is 3.20. The number of morpholine rings is 1. The number of benzene rings is 2. The Labute approximate surface area is 156 Å². The van der Waals surface area contributed by atoms with Gasteiger partial charge >= 0.3 is 0 Å². The summed E-state index contributed by atoms with van der Waals surface area (Å²) in [5, 5.41) is 10.8. The average molecular weight is 368 g/mol. The number of nitrogens with one attached hydrogen (secondary N) is 1. The molecule has 1 amide bonds. The van der Waals surface area contributed by atoms with Crippen molar-refractivity contribution in [3.05, 3.63) is 42.5 Å². The molecule has 1 aliphatic heterocycles. The van der Waals surface area contributed by atoms with Crippen molar-refractivity contribution in [1.29, 1.82) is 0 Å². The van der Waals surface area contributed by atoms with Gasteiger partial charge in [-0.1, -0.05) is 18.2 Å².